The Kier molecular flexibility index (Phi) is 3.85. The Morgan fingerprint density at radius 2 is 1.88 bits per heavy atom. The number of nitrogens with one attached hydrogen (secondary N) is 1. The second kappa shape index (κ2) is 6.02. The number of hydrogen-bond acceptors (Lipinski definition) is 3. The molecule has 0 amide bonds. The van der Waals surface area contributed by atoms with E-state index in [0.717, 1.165) is 29.9 Å². The number of fused-ring (bicyclic) bond motifs is 3. The fourth-order valence-corrected chi connectivity index (χ4v) is 3.88. The lowest BCUT2D eigenvalue weighted by atomic mass is 9.88. The van der Waals surface area contributed by atoms with Crippen LogP contribution in [0.5, 0.6) is 0 Å². The first-order valence-electron chi connectivity index (χ1n) is 8.25. The van der Waals surface area contributed by atoms with Gasteiger partial charge in [-0.15, -0.1) is 11.8 Å². The summed E-state index contributed by atoms with van der Waals surface area (Å²) in [6, 6.07) is 15.3. The van der Waals surface area contributed by atoms with E-state index in [1.807, 2.05) is 7.05 Å². The monoisotopic (exact) mass is 335 g/mol. The molecule has 0 radical (unpaired) electrons. The summed E-state index contributed by atoms with van der Waals surface area (Å²) < 4.78 is 2.12. The summed E-state index contributed by atoms with van der Waals surface area (Å²) in [6.45, 7) is 2.12. The van der Waals surface area contributed by atoms with Crippen LogP contribution in [-0.2, 0) is 12.8 Å². The molecule has 0 saturated heterocycles. The van der Waals surface area contributed by atoms with Crippen LogP contribution in [0.4, 0.5) is 5.69 Å². The number of nitrogens with zero attached hydrogens (tertiary/aromatic N) is 2. The Bertz CT molecular complexity index is 894. The van der Waals surface area contributed by atoms with Crippen LogP contribution in [0.3, 0.4) is 0 Å². The van der Waals surface area contributed by atoms with Crippen LogP contribution >= 0.6 is 11.8 Å². The Morgan fingerprint density at radius 3 is 2.58 bits per heavy atom. The van der Waals surface area contributed by atoms with Crippen molar-refractivity contribution < 1.29 is 0 Å². The van der Waals surface area contributed by atoms with Gasteiger partial charge in [-0.05, 0) is 68.0 Å². The Morgan fingerprint density at radius 1 is 1.08 bits per heavy atom. The average molecular weight is 335 g/mol. The first-order valence-corrected chi connectivity index (χ1v) is 9.47. The molecule has 4 rings (SSSR count). The number of rotatable bonds is 3. The highest BCUT2D eigenvalue weighted by molar-refractivity contribution is 7.98. The van der Waals surface area contributed by atoms with E-state index >= 15 is 0 Å². The first kappa shape index (κ1) is 15.3. The molecule has 1 aliphatic carbocycles. The molecule has 1 N–H and O–H groups in total. The van der Waals surface area contributed by atoms with E-state index in [0.29, 0.717) is 0 Å². The molecule has 0 unspecified atom stereocenters. The molecule has 4 heteroatoms. The summed E-state index contributed by atoms with van der Waals surface area (Å²) >= 11 is 1.76. The molecule has 0 spiro atoms. The SMILES string of the molecule is CNc1ccc2c(c1)-c1c(c(C)nn1-c1ccc(SC)cc1)CC2. The van der Waals surface area contributed by atoms with Crippen molar-refractivity contribution in [3.63, 3.8) is 0 Å². The van der Waals surface area contributed by atoms with E-state index in [-0.39, 0.29) is 0 Å². The number of aryl methyl sites for hydroxylation is 2. The molecular formula is C20H21N3S. The minimum Gasteiger partial charge on any atom is -0.388 e. The third-order valence-corrected chi connectivity index (χ3v) is 5.54. The molecule has 3 aromatic rings. The third kappa shape index (κ3) is 2.42. The highest BCUT2D eigenvalue weighted by Crippen LogP contribution is 2.38. The average Bonchev–Trinajstić information content (AvgIpc) is 2.98. The zero-order valence-electron chi connectivity index (χ0n) is 14.3. The zero-order chi connectivity index (χ0) is 16.7. The van der Waals surface area contributed by atoms with E-state index in [1.165, 1.54) is 27.3 Å². The lowest BCUT2D eigenvalue weighted by Gasteiger charge is -2.20. The third-order valence-electron chi connectivity index (χ3n) is 4.80. The van der Waals surface area contributed by atoms with Gasteiger partial charge in [0.1, 0.15) is 0 Å². The zero-order valence-corrected chi connectivity index (χ0v) is 15.1. The summed E-state index contributed by atoms with van der Waals surface area (Å²) in [4.78, 5) is 1.27. The quantitative estimate of drug-likeness (QED) is 0.703. The number of hydrogen-bond donors (Lipinski definition) is 1. The molecule has 0 fully saturated rings. The molecule has 0 aliphatic heterocycles. The van der Waals surface area contributed by atoms with E-state index < -0.39 is 0 Å². The summed E-state index contributed by atoms with van der Waals surface area (Å²) in [5.74, 6) is 0. The van der Waals surface area contributed by atoms with Crippen molar-refractivity contribution in [3.8, 4) is 16.9 Å². The van der Waals surface area contributed by atoms with Gasteiger partial charge in [0.25, 0.3) is 0 Å². The van der Waals surface area contributed by atoms with E-state index in [9.17, 15) is 0 Å². The van der Waals surface area contributed by atoms with Crippen molar-refractivity contribution in [1.82, 2.24) is 9.78 Å². The van der Waals surface area contributed by atoms with Gasteiger partial charge >= 0.3 is 0 Å². The normalized spacial score (nSPS) is 12.6. The Labute approximate surface area is 147 Å². The summed E-state index contributed by atoms with van der Waals surface area (Å²) in [7, 11) is 1.97. The molecule has 0 saturated carbocycles. The largest absolute Gasteiger partial charge is 0.388 e. The Balaban J connectivity index is 1.92. The lowest BCUT2D eigenvalue weighted by Crippen LogP contribution is -2.08. The van der Waals surface area contributed by atoms with Gasteiger partial charge in [-0.1, -0.05) is 6.07 Å². The van der Waals surface area contributed by atoms with E-state index in [4.69, 9.17) is 5.10 Å². The van der Waals surface area contributed by atoms with Gasteiger partial charge in [0.05, 0.1) is 17.1 Å². The smallest absolute Gasteiger partial charge is 0.0779 e. The number of benzene rings is 2. The first-order chi connectivity index (χ1) is 11.7. The predicted molar refractivity (Wildman–Crippen MR) is 102 cm³/mol. The lowest BCUT2D eigenvalue weighted by molar-refractivity contribution is 0.865. The fourth-order valence-electron chi connectivity index (χ4n) is 3.48. The van der Waals surface area contributed by atoms with Crippen LogP contribution in [0, 0.1) is 6.92 Å². The molecule has 1 aromatic heterocycles. The fraction of sp³-hybridized carbons (Fsp3) is 0.250. The molecule has 0 bridgehead atoms. The van der Waals surface area contributed by atoms with Crippen LogP contribution in [0.1, 0.15) is 16.8 Å². The molecule has 1 aliphatic rings. The van der Waals surface area contributed by atoms with Gasteiger partial charge in [-0.3, -0.25) is 0 Å². The van der Waals surface area contributed by atoms with Crippen molar-refractivity contribution in [2.75, 3.05) is 18.6 Å². The number of anilines is 1. The molecule has 3 nitrogen and oxygen atoms in total. The highest BCUT2D eigenvalue weighted by atomic mass is 32.2. The van der Waals surface area contributed by atoms with Gasteiger partial charge in [0, 0.05) is 28.8 Å². The predicted octanol–water partition coefficient (Wildman–Crippen LogP) is 4.71. The molecular weight excluding hydrogens is 314 g/mol. The maximum absolute atomic E-state index is 4.86. The standard InChI is InChI=1S/C20H21N3S/c1-13-18-11-5-14-4-6-15(21-2)12-19(14)20(18)23(22-13)16-7-9-17(24-3)10-8-16/h4,6-10,12,21H,5,11H2,1-3H3. The summed E-state index contributed by atoms with van der Waals surface area (Å²) in [6.07, 6.45) is 4.25. The minimum absolute atomic E-state index is 1.07. The maximum Gasteiger partial charge on any atom is 0.0779 e. The second-order valence-corrected chi connectivity index (χ2v) is 7.02. The van der Waals surface area contributed by atoms with E-state index in [2.05, 4.69) is 65.6 Å². The highest BCUT2D eigenvalue weighted by Gasteiger charge is 2.24. The van der Waals surface area contributed by atoms with Gasteiger partial charge in [0.2, 0.25) is 0 Å². The van der Waals surface area contributed by atoms with Crippen molar-refractivity contribution in [2.45, 2.75) is 24.7 Å². The van der Waals surface area contributed by atoms with Crippen LogP contribution in [0.15, 0.2) is 47.4 Å². The Hall–Kier alpha value is -2.20. The van der Waals surface area contributed by atoms with Crippen molar-refractivity contribution >= 4 is 17.4 Å². The van der Waals surface area contributed by atoms with Crippen molar-refractivity contribution in [2.24, 2.45) is 0 Å². The van der Waals surface area contributed by atoms with Crippen LogP contribution in [0.2, 0.25) is 0 Å². The molecule has 122 valence electrons. The van der Waals surface area contributed by atoms with Crippen LogP contribution in [-0.4, -0.2) is 23.1 Å². The van der Waals surface area contributed by atoms with Gasteiger partial charge in [0.15, 0.2) is 0 Å². The maximum atomic E-state index is 4.86. The number of thioether (sulfide) groups is 1. The molecule has 1 heterocycles. The second-order valence-electron chi connectivity index (χ2n) is 6.14. The minimum atomic E-state index is 1.07. The van der Waals surface area contributed by atoms with Crippen molar-refractivity contribution in [3.05, 3.63) is 59.3 Å². The van der Waals surface area contributed by atoms with Crippen LogP contribution in [0.25, 0.3) is 16.9 Å². The molecule has 24 heavy (non-hydrogen) atoms. The van der Waals surface area contributed by atoms with Gasteiger partial charge in [-0.2, -0.15) is 5.10 Å². The van der Waals surface area contributed by atoms with E-state index in [1.54, 1.807) is 11.8 Å². The van der Waals surface area contributed by atoms with Gasteiger partial charge < -0.3 is 5.32 Å². The molecule has 2 aromatic carbocycles. The number of aromatic nitrogens is 2. The summed E-state index contributed by atoms with van der Waals surface area (Å²) in [5.41, 5.74) is 8.75. The van der Waals surface area contributed by atoms with Crippen molar-refractivity contribution in [1.29, 1.82) is 0 Å². The topological polar surface area (TPSA) is 29.9 Å². The van der Waals surface area contributed by atoms with Crippen LogP contribution < -0.4 is 5.32 Å². The molecule has 0 atom stereocenters. The van der Waals surface area contributed by atoms with Gasteiger partial charge in [-0.25, -0.2) is 4.68 Å². The summed E-state index contributed by atoms with van der Waals surface area (Å²) in [5, 5.41) is 8.12.